The van der Waals surface area contributed by atoms with Gasteiger partial charge in [-0.3, -0.25) is 19.3 Å². The first-order valence-corrected chi connectivity index (χ1v) is 10.7. The van der Waals surface area contributed by atoms with Crippen LogP contribution in [0.15, 0.2) is 24.3 Å². The minimum absolute atomic E-state index is 0.0747. The smallest absolute Gasteiger partial charge is 0.309 e. The quantitative estimate of drug-likeness (QED) is 0.686. The number of likely N-dealkylation sites (tertiary alicyclic amines) is 1. The SMILES string of the molecule is CCOC(=O)C1CCN(CC(=O)Nc2ccccc2C(=O)NC2CCCC2)CC1. The molecule has 0 unspecified atom stereocenters. The number of carbonyl (C=O) groups is 3. The molecule has 1 heterocycles. The van der Waals surface area contributed by atoms with Gasteiger partial charge in [0.2, 0.25) is 5.91 Å². The van der Waals surface area contributed by atoms with Crippen molar-refractivity contribution in [1.82, 2.24) is 10.2 Å². The van der Waals surface area contributed by atoms with E-state index in [1.807, 2.05) is 17.9 Å². The summed E-state index contributed by atoms with van der Waals surface area (Å²) < 4.78 is 5.09. The third kappa shape index (κ3) is 6.03. The van der Waals surface area contributed by atoms with E-state index in [0.717, 1.165) is 25.7 Å². The number of piperidine rings is 1. The van der Waals surface area contributed by atoms with Gasteiger partial charge < -0.3 is 15.4 Å². The lowest BCUT2D eigenvalue weighted by atomic mass is 9.97. The Morgan fingerprint density at radius 1 is 1.07 bits per heavy atom. The van der Waals surface area contributed by atoms with Gasteiger partial charge in [-0.2, -0.15) is 0 Å². The summed E-state index contributed by atoms with van der Waals surface area (Å²) in [5.74, 6) is -0.503. The maximum absolute atomic E-state index is 12.6. The number of rotatable bonds is 7. The monoisotopic (exact) mass is 401 g/mol. The van der Waals surface area contributed by atoms with E-state index in [9.17, 15) is 14.4 Å². The second-order valence-corrected chi connectivity index (χ2v) is 7.85. The molecule has 0 bridgehead atoms. The van der Waals surface area contributed by atoms with Crippen LogP contribution in [0.1, 0.15) is 55.8 Å². The Morgan fingerprint density at radius 2 is 1.76 bits per heavy atom. The van der Waals surface area contributed by atoms with Crippen LogP contribution in [0.3, 0.4) is 0 Å². The lowest BCUT2D eigenvalue weighted by molar-refractivity contribution is -0.149. The van der Waals surface area contributed by atoms with Crippen LogP contribution in [0.5, 0.6) is 0 Å². The zero-order valence-corrected chi connectivity index (χ0v) is 17.1. The standard InChI is InChI=1S/C22H31N3O4/c1-2-29-22(28)16-11-13-25(14-12-16)15-20(26)24-19-10-6-5-9-18(19)21(27)23-17-7-3-4-8-17/h5-6,9-10,16-17H,2-4,7-8,11-15H2,1H3,(H,23,27)(H,24,26). The molecular weight excluding hydrogens is 370 g/mol. The van der Waals surface area contributed by atoms with Crippen molar-refractivity contribution in [2.24, 2.45) is 5.92 Å². The predicted octanol–water partition coefficient (Wildman–Crippen LogP) is 2.57. The number of carbonyl (C=O) groups excluding carboxylic acids is 3. The molecule has 1 aliphatic carbocycles. The van der Waals surface area contributed by atoms with Crippen LogP contribution in [0.25, 0.3) is 0 Å². The fraction of sp³-hybridized carbons (Fsp3) is 0.591. The Labute approximate surface area is 172 Å². The zero-order valence-electron chi connectivity index (χ0n) is 17.1. The molecule has 1 aromatic carbocycles. The van der Waals surface area contributed by atoms with Gasteiger partial charge in [-0.25, -0.2) is 0 Å². The predicted molar refractivity (Wildman–Crippen MR) is 111 cm³/mol. The molecule has 1 aliphatic heterocycles. The number of hydrogen-bond donors (Lipinski definition) is 2. The summed E-state index contributed by atoms with van der Waals surface area (Å²) in [4.78, 5) is 39.0. The summed E-state index contributed by atoms with van der Waals surface area (Å²) in [5.41, 5.74) is 1.03. The van der Waals surface area contributed by atoms with Crippen LogP contribution >= 0.6 is 0 Å². The average molecular weight is 402 g/mol. The second-order valence-electron chi connectivity index (χ2n) is 7.85. The van der Waals surface area contributed by atoms with Gasteiger partial charge in [0.25, 0.3) is 5.91 Å². The lowest BCUT2D eigenvalue weighted by Gasteiger charge is -2.30. The average Bonchev–Trinajstić information content (AvgIpc) is 3.22. The molecule has 0 atom stereocenters. The van der Waals surface area contributed by atoms with E-state index in [2.05, 4.69) is 10.6 Å². The van der Waals surface area contributed by atoms with Crippen LogP contribution in [-0.2, 0) is 14.3 Å². The van der Waals surface area contributed by atoms with Crippen molar-refractivity contribution >= 4 is 23.5 Å². The largest absolute Gasteiger partial charge is 0.466 e. The molecule has 1 saturated heterocycles. The van der Waals surface area contributed by atoms with E-state index in [1.165, 1.54) is 0 Å². The molecule has 0 radical (unpaired) electrons. The fourth-order valence-electron chi connectivity index (χ4n) is 4.10. The van der Waals surface area contributed by atoms with Gasteiger partial charge in [0.05, 0.1) is 30.3 Å². The van der Waals surface area contributed by atoms with Crippen molar-refractivity contribution in [3.63, 3.8) is 0 Å². The molecule has 7 nitrogen and oxygen atoms in total. The van der Waals surface area contributed by atoms with Crippen molar-refractivity contribution in [2.45, 2.75) is 51.5 Å². The van der Waals surface area contributed by atoms with Crippen LogP contribution in [0, 0.1) is 5.92 Å². The van der Waals surface area contributed by atoms with Gasteiger partial charge in [-0.05, 0) is 57.8 Å². The summed E-state index contributed by atoms with van der Waals surface area (Å²) in [7, 11) is 0. The molecule has 158 valence electrons. The summed E-state index contributed by atoms with van der Waals surface area (Å²) >= 11 is 0. The van der Waals surface area contributed by atoms with Crippen LogP contribution in [-0.4, -0.2) is 55.0 Å². The Bertz CT molecular complexity index is 723. The molecular formula is C22H31N3O4. The molecule has 2 amide bonds. The van der Waals surface area contributed by atoms with E-state index in [1.54, 1.807) is 18.2 Å². The van der Waals surface area contributed by atoms with Crippen molar-refractivity contribution in [2.75, 3.05) is 31.6 Å². The lowest BCUT2D eigenvalue weighted by Crippen LogP contribution is -2.41. The normalized spacial score (nSPS) is 18.4. The minimum atomic E-state index is -0.152. The van der Waals surface area contributed by atoms with Crippen LogP contribution in [0.4, 0.5) is 5.69 Å². The Kier molecular flexibility index (Phi) is 7.63. The number of ether oxygens (including phenoxy) is 1. The number of nitrogens with zero attached hydrogens (tertiary/aromatic N) is 1. The summed E-state index contributed by atoms with van der Waals surface area (Å²) in [6.07, 6.45) is 5.73. The molecule has 2 fully saturated rings. The molecule has 2 N–H and O–H groups in total. The second kappa shape index (κ2) is 10.4. The van der Waals surface area contributed by atoms with E-state index in [0.29, 0.717) is 43.8 Å². The number of anilines is 1. The van der Waals surface area contributed by atoms with Crippen LogP contribution < -0.4 is 10.6 Å². The molecule has 2 aliphatic rings. The highest BCUT2D eigenvalue weighted by Gasteiger charge is 2.27. The minimum Gasteiger partial charge on any atom is -0.466 e. The summed E-state index contributed by atoms with van der Waals surface area (Å²) in [6.45, 7) is 3.81. The number of benzene rings is 1. The van der Waals surface area contributed by atoms with Gasteiger partial charge in [-0.1, -0.05) is 25.0 Å². The Morgan fingerprint density at radius 3 is 2.45 bits per heavy atom. The first kappa shape index (κ1) is 21.3. The fourth-order valence-corrected chi connectivity index (χ4v) is 4.10. The number of nitrogens with one attached hydrogen (secondary N) is 2. The van der Waals surface area contributed by atoms with Gasteiger partial charge in [0.1, 0.15) is 0 Å². The molecule has 1 aromatic rings. The maximum Gasteiger partial charge on any atom is 0.309 e. The van der Waals surface area contributed by atoms with E-state index >= 15 is 0 Å². The van der Waals surface area contributed by atoms with E-state index in [4.69, 9.17) is 4.74 Å². The number of para-hydroxylation sites is 1. The molecule has 3 rings (SSSR count). The number of esters is 1. The van der Waals surface area contributed by atoms with Crippen molar-refractivity contribution in [1.29, 1.82) is 0 Å². The number of amides is 2. The first-order chi connectivity index (χ1) is 14.1. The first-order valence-electron chi connectivity index (χ1n) is 10.7. The summed E-state index contributed by atoms with van der Waals surface area (Å²) in [5, 5.41) is 5.96. The highest BCUT2D eigenvalue weighted by Crippen LogP contribution is 2.21. The molecule has 0 spiro atoms. The van der Waals surface area contributed by atoms with Gasteiger partial charge in [0, 0.05) is 6.04 Å². The Hall–Kier alpha value is -2.41. The maximum atomic E-state index is 12.6. The van der Waals surface area contributed by atoms with Gasteiger partial charge in [0.15, 0.2) is 0 Å². The number of hydrogen-bond acceptors (Lipinski definition) is 5. The van der Waals surface area contributed by atoms with Crippen molar-refractivity contribution in [3.8, 4) is 0 Å². The van der Waals surface area contributed by atoms with E-state index < -0.39 is 0 Å². The topological polar surface area (TPSA) is 87.7 Å². The highest BCUT2D eigenvalue weighted by molar-refractivity contribution is 6.04. The summed E-state index contributed by atoms with van der Waals surface area (Å²) in [6, 6.07) is 7.35. The Balaban J connectivity index is 1.51. The molecule has 29 heavy (non-hydrogen) atoms. The van der Waals surface area contributed by atoms with Gasteiger partial charge >= 0.3 is 5.97 Å². The third-order valence-electron chi connectivity index (χ3n) is 5.71. The van der Waals surface area contributed by atoms with Crippen molar-refractivity contribution < 1.29 is 19.1 Å². The van der Waals surface area contributed by atoms with E-state index in [-0.39, 0.29) is 36.3 Å². The highest BCUT2D eigenvalue weighted by atomic mass is 16.5. The molecule has 7 heteroatoms. The van der Waals surface area contributed by atoms with Gasteiger partial charge in [-0.15, -0.1) is 0 Å². The zero-order chi connectivity index (χ0) is 20.6. The van der Waals surface area contributed by atoms with Crippen LogP contribution in [0.2, 0.25) is 0 Å². The molecule has 0 aromatic heterocycles. The third-order valence-corrected chi connectivity index (χ3v) is 5.71. The van der Waals surface area contributed by atoms with Crippen molar-refractivity contribution in [3.05, 3.63) is 29.8 Å². The molecule has 1 saturated carbocycles.